The molecule has 2 unspecified atom stereocenters. The molecule has 0 aliphatic carbocycles. The molecule has 0 radical (unpaired) electrons. The molecule has 2 N–H and O–H groups in total. The molecule has 1 saturated heterocycles. The topological polar surface area (TPSA) is 71.0 Å². The number of ether oxygens (including phenoxy) is 2. The van der Waals surface area contributed by atoms with Gasteiger partial charge in [-0.3, -0.25) is 0 Å². The highest BCUT2D eigenvalue weighted by Crippen LogP contribution is 2.24. The van der Waals surface area contributed by atoms with Gasteiger partial charge in [0, 0.05) is 25.6 Å². The molecule has 2 aromatic rings. The molecule has 0 saturated carbocycles. The van der Waals surface area contributed by atoms with E-state index in [1.807, 2.05) is 24.3 Å². The van der Waals surface area contributed by atoms with Crippen molar-refractivity contribution in [3.05, 3.63) is 65.2 Å². The summed E-state index contributed by atoms with van der Waals surface area (Å²) in [6.45, 7) is 1.18. The van der Waals surface area contributed by atoms with Crippen LogP contribution < -0.4 is 10.1 Å². The van der Waals surface area contributed by atoms with E-state index in [9.17, 15) is 18.7 Å². The Hall–Kier alpha value is -2.71. The molecule has 2 atom stereocenters. The minimum atomic E-state index is -0.943. The van der Waals surface area contributed by atoms with E-state index in [1.165, 1.54) is 6.07 Å². The maximum atomic E-state index is 13.5. The largest absolute Gasteiger partial charge is 0.497 e. The SMILES string of the molecule is COc1ccc(CC(CO)CNC(=O)N2CCOC(c3ccc(F)c(F)c3)C2)cc1. The van der Waals surface area contributed by atoms with Crippen LogP contribution in [0.4, 0.5) is 13.6 Å². The van der Waals surface area contributed by atoms with Gasteiger partial charge in [0.2, 0.25) is 0 Å². The second-order valence-electron chi connectivity index (χ2n) is 7.27. The Balaban J connectivity index is 1.52. The lowest BCUT2D eigenvalue weighted by Gasteiger charge is -2.33. The number of carbonyl (C=O) groups is 1. The van der Waals surface area contributed by atoms with E-state index in [4.69, 9.17) is 9.47 Å². The van der Waals surface area contributed by atoms with Gasteiger partial charge in [0.05, 0.1) is 20.3 Å². The lowest BCUT2D eigenvalue weighted by Crippen LogP contribution is -2.48. The molecule has 8 heteroatoms. The predicted molar refractivity (Wildman–Crippen MR) is 107 cm³/mol. The van der Waals surface area contributed by atoms with Crippen LogP contribution in [0.15, 0.2) is 42.5 Å². The van der Waals surface area contributed by atoms with Gasteiger partial charge >= 0.3 is 6.03 Å². The van der Waals surface area contributed by atoms with E-state index in [-0.39, 0.29) is 25.1 Å². The Kier molecular flexibility index (Phi) is 7.59. The van der Waals surface area contributed by atoms with Crippen LogP contribution in [0.1, 0.15) is 17.2 Å². The summed E-state index contributed by atoms with van der Waals surface area (Å²) < 4.78 is 37.4. The lowest BCUT2D eigenvalue weighted by atomic mass is 10.00. The standard InChI is InChI=1S/C22H26F2N2O4/c1-29-18-5-2-15(3-6-18)10-16(14-27)12-25-22(28)26-8-9-30-21(13-26)17-4-7-19(23)20(24)11-17/h2-7,11,16,21,27H,8-10,12-14H2,1H3,(H,25,28). The first kappa shape index (κ1) is 22.0. The number of urea groups is 1. The van der Waals surface area contributed by atoms with Gasteiger partial charge in [-0.15, -0.1) is 0 Å². The molecular weight excluding hydrogens is 394 g/mol. The molecule has 3 rings (SSSR count). The van der Waals surface area contributed by atoms with Crippen LogP contribution in [0, 0.1) is 17.6 Å². The molecule has 1 fully saturated rings. The van der Waals surface area contributed by atoms with E-state index in [0.717, 1.165) is 23.4 Å². The van der Waals surface area contributed by atoms with E-state index < -0.39 is 17.7 Å². The summed E-state index contributed by atoms with van der Waals surface area (Å²) in [5, 5.41) is 12.5. The molecule has 1 aliphatic rings. The molecule has 162 valence electrons. The highest BCUT2D eigenvalue weighted by molar-refractivity contribution is 5.74. The summed E-state index contributed by atoms with van der Waals surface area (Å²) in [5.74, 6) is -1.24. The molecule has 0 spiro atoms. The summed E-state index contributed by atoms with van der Waals surface area (Å²) in [6, 6.07) is 10.9. The fourth-order valence-corrected chi connectivity index (χ4v) is 3.39. The summed E-state index contributed by atoms with van der Waals surface area (Å²) >= 11 is 0. The van der Waals surface area contributed by atoms with Crippen LogP contribution in [0.3, 0.4) is 0 Å². The molecule has 2 amide bonds. The van der Waals surface area contributed by atoms with Crippen LogP contribution in [-0.2, 0) is 11.2 Å². The third-order valence-electron chi connectivity index (χ3n) is 5.15. The van der Waals surface area contributed by atoms with Crippen LogP contribution in [0.25, 0.3) is 0 Å². The number of nitrogens with zero attached hydrogens (tertiary/aromatic N) is 1. The molecule has 2 aromatic carbocycles. The van der Waals surface area contributed by atoms with Crippen LogP contribution in [0.5, 0.6) is 5.75 Å². The Bertz CT molecular complexity index is 848. The van der Waals surface area contributed by atoms with E-state index in [0.29, 0.717) is 31.7 Å². The average Bonchev–Trinajstić information content (AvgIpc) is 2.78. The number of hydrogen-bond acceptors (Lipinski definition) is 4. The Labute approximate surface area is 174 Å². The zero-order valence-electron chi connectivity index (χ0n) is 16.8. The summed E-state index contributed by atoms with van der Waals surface area (Å²) in [4.78, 5) is 14.2. The van der Waals surface area contributed by atoms with Gasteiger partial charge < -0.3 is 24.8 Å². The summed E-state index contributed by atoms with van der Waals surface area (Å²) in [7, 11) is 1.60. The summed E-state index contributed by atoms with van der Waals surface area (Å²) in [5.41, 5.74) is 1.52. The predicted octanol–water partition coefficient (Wildman–Crippen LogP) is 2.91. The van der Waals surface area contributed by atoms with Crippen LogP contribution in [0.2, 0.25) is 0 Å². The molecular formula is C22H26F2N2O4. The molecule has 1 heterocycles. The first-order valence-corrected chi connectivity index (χ1v) is 9.83. The first-order valence-electron chi connectivity index (χ1n) is 9.83. The summed E-state index contributed by atoms with van der Waals surface area (Å²) in [6.07, 6.45) is 0.0917. The highest BCUT2D eigenvalue weighted by Gasteiger charge is 2.26. The zero-order valence-corrected chi connectivity index (χ0v) is 16.8. The van der Waals surface area contributed by atoms with E-state index >= 15 is 0 Å². The van der Waals surface area contributed by atoms with Crippen molar-refractivity contribution >= 4 is 6.03 Å². The number of amides is 2. The van der Waals surface area contributed by atoms with Crippen molar-refractivity contribution in [2.75, 3.05) is 40.0 Å². The normalized spacial score (nSPS) is 17.5. The maximum absolute atomic E-state index is 13.5. The number of methoxy groups -OCH3 is 1. The quantitative estimate of drug-likeness (QED) is 0.723. The van der Waals surface area contributed by atoms with Crippen molar-refractivity contribution in [2.45, 2.75) is 12.5 Å². The number of rotatable bonds is 7. The van der Waals surface area contributed by atoms with Gasteiger partial charge in [-0.05, 0) is 41.8 Å². The maximum Gasteiger partial charge on any atom is 0.317 e. The van der Waals surface area contributed by atoms with Crippen LogP contribution in [-0.4, -0.2) is 56.0 Å². The number of aliphatic hydroxyl groups excluding tert-OH is 1. The van der Waals surface area contributed by atoms with Gasteiger partial charge in [0.25, 0.3) is 0 Å². The van der Waals surface area contributed by atoms with Crippen molar-refractivity contribution in [3.63, 3.8) is 0 Å². The number of benzene rings is 2. The molecule has 0 bridgehead atoms. The number of halogens is 2. The van der Waals surface area contributed by atoms with Crippen molar-refractivity contribution < 1.29 is 28.2 Å². The van der Waals surface area contributed by atoms with E-state index in [2.05, 4.69) is 5.32 Å². The smallest absolute Gasteiger partial charge is 0.317 e. The second-order valence-corrected chi connectivity index (χ2v) is 7.27. The second kappa shape index (κ2) is 10.4. The molecule has 1 aliphatic heterocycles. The van der Waals surface area contributed by atoms with E-state index in [1.54, 1.807) is 12.0 Å². The number of aliphatic hydroxyl groups is 1. The third-order valence-corrected chi connectivity index (χ3v) is 5.15. The number of morpholine rings is 1. The van der Waals surface area contributed by atoms with Crippen molar-refractivity contribution in [3.8, 4) is 5.75 Å². The van der Waals surface area contributed by atoms with Crippen molar-refractivity contribution in [1.29, 1.82) is 0 Å². The Morgan fingerprint density at radius 1 is 1.27 bits per heavy atom. The zero-order chi connectivity index (χ0) is 21.5. The highest BCUT2D eigenvalue weighted by atomic mass is 19.2. The van der Waals surface area contributed by atoms with Gasteiger partial charge in [0.1, 0.15) is 11.9 Å². The van der Waals surface area contributed by atoms with Gasteiger partial charge in [-0.2, -0.15) is 0 Å². The number of nitrogens with one attached hydrogen (secondary N) is 1. The van der Waals surface area contributed by atoms with Crippen molar-refractivity contribution in [1.82, 2.24) is 10.2 Å². The number of carbonyl (C=O) groups excluding carboxylic acids is 1. The molecule has 30 heavy (non-hydrogen) atoms. The van der Waals surface area contributed by atoms with Gasteiger partial charge in [-0.25, -0.2) is 13.6 Å². The number of hydrogen-bond donors (Lipinski definition) is 2. The third kappa shape index (κ3) is 5.67. The monoisotopic (exact) mass is 420 g/mol. The Morgan fingerprint density at radius 2 is 2.03 bits per heavy atom. The molecule has 6 nitrogen and oxygen atoms in total. The fraction of sp³-hybridized carbons (Fsp3) is 0.409. The average molecular weight is 420 g/mol. The minimum absolute atomic E-state index is 0.0626. The van der Waals surface area contributed by atoms with Crippen LogP contribution >= 0.6 is 0 Å². The molecule has 0 aromatic heterocycles. The van der Waals surface area contributed by atoms with Crippen molar-refractivity contribution in [2.24, 2.45) is 5.92 Å². The lowest BCUT2D eigenvalue weighted by molar-refractivity contribution is -0.0157. The minimum Gasteiger partial charge on any atom is -0.497 e. The van der Waals surface area contributed by atoms with Gasteiger partial charge in [0.15, 0.2) is 11.6 Å². The Morgan fingerprint density at radius 3 is 2.70 bits per heavy atom. The fourth-order valence-electron chi connectivity index (χ4n) is 3.39. The van der Waals surface area contributed by atoms with Gasteiger partial charge in [-0.1, -0.05) is 18.2 Å². The first-order chi connectivity index (χ1) is 14.5.